The molecule has 1 aromatic rings. The molecular weight excluding hydrogens is 126 g/mol. The van der Waals surface area contributed by atoms with E-state index in [9.17, 15) is 4.79 Å². The fraction of sp³-hybridized carbons (Fsp3) is 0. The highest BCUT2D eigenvalue weighted by Crippen LogP contribution is 2.04. The second kappa shape index (κ2) is 2.37. The molecule has 0 unspecified atom stereocenters. The van der Waals surface area contributed by atoms with E-state index in [0.29, 0.717) is 5.13 Å². The van der Waals surface area contributed by atoms with E-state index in [1.807, 2.05) is 0 Å². The van der Waals surface area contributed by atoms with E-state index in [2.05, 4.69) is 15.5 Å². The van der Waals surface area contributed by atoms with Crippen molar-refractivity contribution in [2.24, 2.45) is 0 Å². The van der Waals surface area contributed by atoms with Crippen molar-refractivity contribution < 1.29 is 6.17 Å². The topological polar surface area (TPSA) is 54.9 Å². The first-order chi connectivity index (χ1) is 4.29. The number of amides is 1. The maximum Gasteiger partial charge on any atom is 0.213 e. The molecule has 8 heavy (non-hydrogen) atoms. The molecule has 0 aromatic carbocycles. The number of aromatic nitrogens is 2. The lowest BCUT2D eigenvalue weighted by molar-refractivity contribution is -0.105. The van der Waals surface area contributed by atoms with Crippen LogP contribution >= 0.6 is 11.3 Å². The zero-order valence-corrected chi connectivity index (χ0v) is 4.60. The van der Waals surface area contributed by atoms with E-state index in [4.69, 9.17) is 1.37 Å². The summed E-state index contributed by atoms with van der Waals surface area (Å²) >= 11 is 1.18. The Hall–Kier alpha value is -0.970. The first-order valence-corrected chi connectivity index (χ1v) is 2.71. The molecule has 0 aliphatic heterocycles. The van der Waals surface area contributed by atoms with Gasteiger partial charge in [0.2, 0.25) is 11.5 Å². The minimum Gasteiger partial charge on any atom is -0.303 e. The smallest absolute Gasteiger partial charge is 0.213 e. The van der Waals surface area contributed by atoms with Gasteiger partial charge in [-0.1, -0.05) is 11.3 Å². The van der Waals surface area contributed by atoms with Crippen LogP contribution in [0.2, 0.25) is 0 Å². The van der Waals surface area contributed by atoms with E-state index in [1.54, 1.807) is 0 Å². The summed E-state index contributed by atoms with van der Waals surface area (Å²) in [4.78, 5) is 10.0. The van der Waals surface area contributed by atoms with Gasteiger partial charge in [0, 0.05) is 0 Å². The zero-order valence-electron chi connectivity index (χ0n) is 4.79. The molecule has 0 atom stereocenters. The van der Waals surface area contributed by atoms with Crippen LogP contribution in [-0.2, 0) is 4.79 Å². The molecule has 1 aromatic heterocycles. The number of hydrogen-bond acceptors (Lipinski definition) is 4. The van der Waals surface area contributed by atoms with E-state index in [1.165, 1.54) is 16.8 Å². The number of carbonyl (C=O) groups is 1. The molecule has 1 rings (SSSR count). The van der Waals surface area contributed by atoms with Gasteiger partial charge in [0.05, 0.1) is 0 Å². The Balaban J connectivity index is 2.58. The molecule has 1 heterocycles. The number of rotatable bonds is 1. The Bertz CT molecular complexity index is 199. The van der Waals surface area contributed by atoms with Gasteiger partial charge in [-0.15, -0.1) is 10.2 Å². The van der Waals surface area contributed by atoms with Gasteiger partial charge in [-0.2, -0.15) is 0 Å². The van der Waals surface area contributed by atoms with Crippen molar-refractivity contribution in [1.82, 2.24) is 10.2 Å². The lowest BCUT2D eigenvalue weighted by Crippen LogP contribution is -1.91. The molecule has 0 saturated heterocycles. The zero-order chi connectivity index (χ0) is 6.69. The fourth-order valence-electron chi connectivity index (χ4n) is 0.271. The van der Waals surface area contributed by atoms with E-state index in [0.717, 1.165) is 0 Å². The van der Waals surface area contributed by atoms with Crippen LogP contribution in [0.4, 0.5) is 5.13 Å². The van der Waals surface area contributed by atoms with Crippen molar-refractivity contribution in [3.05, 3.63) is 5.51 Å². The molecule has 1 N–H and O–H groups in total. The average Bonchev–Trinajstić information content (AvgIpc) is 2.15. The minimum absolute atomic E-state index is 0.356. The standard InChI is InChI=1S/C3H3N3OS/c7-1-4-3-6-5-2-8-3/h1-2H,(H,4,6,7)/i1T. The highest BCUT2D eigenvalue weighted by Gasteiger charge is 1.88. The lowest BCUT2D eigenvalue weighted by Gasteiger charge is -1.81. The van der Waals surface area contributed by atoms with Crippen LogP contribution in [0.1, 0.15) is 1.37 Å². The average molecular weight is 131 g/mol. The highest BCUT2D eigenvalue weighted by atomic mass is 32.1. The van der Waals surface area contributed by atoms with Gasteiger partial charge in [-0.05, 0) is 0 Å². The van der Waals surface area contributed by atoms with Crippen molar-refractivity contribution in [3.63, 3.8) is 0 Å². The first kappa shape index (κ1) is 3.96. The summed E-state index contributed by atoms with van der Waals surface area (Å²) in [6.45, 7) is 0. The lowest BCUT2D eigenvalue weighted by atomic mass is 11.1. The van der Waals surface area contributed by atoms with Gasteiger partial charge in [-0.25, -0.2) is 0 Å². The fourth-order valence-corrected chi connectivity index (χ4v) is 0.660. The van der Waals surface area contributed by atoms with Crippen molar-refractivity contribution >= 4 is 22.9 Å². The molecule has 0 aliphatic rings. The maximum atomic E-state index is 10.0. The SMILES string of the molecule is [3H]C(=O)Nc1nncs1. The summed E-state index contributed by atoms with van der Waals surface area (Å²) in [6, 6.07) is 0. The van der Waals surface area contributed by atoms with Crippen molar-refractivity contribution in [2.75, 3.05) is 5.32 Å². The number of hydrogen-bond donors (Lipinski definition) is 1. The van der Waals surface area contributed by atoms with E-state index in [-0.39, 0.29) is 0 Å². The van der Waals surface area contributed by atoms with Crippen LogP contribution in [0.25, 0.3) is 0 Å². The Morgan fingerprint density at radius 1 is 2.12 bits per heavy atom. The number of nitrogens with zero attached hydrogens (tertiary/aromatic N) is 2. The number of anilines is 1. The van der Waals surface area contributed by atoms with Crippen LogP contribution in [0, 0.1) is 0 Å². The largest absolute Gasteiger partial charge is 0.303 e. The predicted molar refractivity (Wildman–Crippen MR) is 29.6 cm³/mol. The second-order valence-electron chi connectivity index (χ2n) is 0.971. The van der Waals surface area contributed by atoms with Gasteiger partial charge in [0.1, 0.15) is 6.88 Å². The van der Waals surface area contributed by atoms with Gasteiger partial charge in [0.25, 0.3) is 0 Å². The summed E-state index contributed by atoms with van der Waals surface area (Å²) in [6.07, 6.45) is -0.869. The quantitative estimate of drug-likeness (QED) is 0.550. The molecular formula is C3H3N3OS. The Morgan fingerprint density at radius 2 is 3.00 bits per heavy atom. The highest BCUT2D eigenvalue weighted by molar-refractivity contribution is 7.13. The van der Waals surface area contributed by atoms with Crippen LogP contribution in [-0.4, -0.2) is 16.6 Å². The third-order valence-electron chi connectivity index (χ3n) is 0.518. The third-order valence-corrected chi connectivity index (χ3v) is 1.12. The summed E-state index contributed by atoms with van der Waals surface area (Å²) in [5.74, 6) is 0. The normalized spacial score (nSPS) is 10.2. The molecule has 0 saturated carbocycles. The van der Waals surface area contributed by atoms with Gasteiger partial charge in [-0.3, -0.25) is 4.79 Å². The Kier molecular flexibility index (Phi) is 1.17. The summed E-state index contributed by atoms with van der Waals surface area (Å²) < 4.78 is 6.44. The van der Waals surface area contributed by atoms with Crippen LogP contribution in [0.5, 0.6) is 0 Å². The Labute approximate surface area is 51.0 Å². The van der Waals surface area contributed by atoms with Crippen molar-refractivity contribution in [2.45, 2.75) is 0 Å². The molecule has 0 radical (unpaired) electrons. The number of carbonyl (C=O) groups excluding carboxylic acids is 1. The molecule has 5 heteroatoms. The first-order valence-electron chi connectivity index (χ1n) is 2.33. The van der Waals surface area contributed by atoms with Crippen LogP contribution < -0.4 is 5.32 Å². The molecule has 0 spiro atoms. The molecule has 1 amide bonds. The molecule has 0 aliphatic carbocycles. The Morgan fingerprint density at radius 3 is 3.50 bits per heavy atom. The van der Waals surface area contributed by atoms with Crippen molar-refractivity contribution in [3.8, 4) is 0 Å². The van der Waals surface area contributed by atoms with E-state index >= 15 is 0 Å². The predicted octanol–water partition coefficient (Wildman–Crippen LogP) is 0.106. The van der Waals surface area contributed by atoms with Gasteiger partial charge in [0.15, 0.2) is 0 Å². The summed E-state index contributed by atoms with van der Waals surface area (Å²) in [7, 11) is 0. The van der Waals surface area contributed by atoms with Gasteiger partial charge < -0.3 is 5.32 Å². The van der Waals surface area contributed by atoms with Crippen molar-refractivity contribution in [1.29, 1.82) is 0 Å². The molecule has 42 valence electrons. The molecule has 4 nitrogen and oxygen atoms in total. The minimum atomic E-state index is -0.869. The second-order valence-corrected chi connectivity index (χ2v) is 1.80. The van der Waals surface area contributed by atoms with Crippen LogP contribution in [0.15, 0.2) is 5.51 Å². The summed E-state index contributed by atoms with van der Waals surface area (Å²) in [5.41, 5.74) is 1.48. The maximum absolute atomic E-state index is 10.0. The monoisotopic (exact) mass is 131 g/mol. The summed E-state index contributed by atoms with van der Waals surface area (Å²) in [5, 5.41) is 9.43. The van der Waals surface area contributed by atoms with Crippen LogP contribution in [0.3, 0.4) is 0 Å². The number of nitrogens with one attached hydrogen (secondary N) is 1. The van der Waals surface area contributed by atoms with Gasteiger partial charge >= 0.3 is 0 Å². The third kappa shape index (κ3) is 1.00. The molecule has 0 bridgehead atoms. The van der Waals surface area contributed by atoms with E-state index < -0.39 is 6.39 Å². The molecule has 0 fully saturated rings.